The molecule has 1 atom stereocenters. The molecule has 0 radical (unpaired) electrons. The average Bonchev–Trinajstić information content (AvgIpc) is 2.80. The number of rotatable bonds is 15. The van der Waals surface area contributed by atoms with Crippen LogP contribution in [0.15, 0.2) is 30.3 Å². The van der Waals surface area contributed by atoms with Crippen molar-refractivity contribution >= 4 is 18.0 Å². The van der Waals surface area contributed by atoms with Crippen molar-refractivity contribution in [3.8, 4) is 0 Å². The number of carbonyl (C=O) groups excluding carboxylic acids is 1. The van der Waals surface area contributed by atoms with Gasteiger partial charge in [0, 0.05) is 31.6 Å². The van der Waals surface area contributed by atoms with Gasteiger partial charge >= 0.3 is 5.97 Å². The first kappa shape index (κ1) is 26.1. The molecule has 1 saturated heterocycles. The third kappa shape index (κ3) is 10.4. The van der Waals surface area contributed by atoms with Gasteiger partial charge in [-0.25, -0.2) is 9.90 Å². The van der Waals surface area contributed by atoms with Gasteiger partial charge in [-0.05, 0) is 49.8 Å². The van der Waals surface area contributed by atoms with Crippen LogP contribution in [-0.2, 0) is 14.4 Å². The predicted octanol–water partition coefficient (Wildman–Crippen LogP) is 6.22. The van der Waals surface area contributed by atoms with Crippen molar-refractivity contribution in [3.63, 3.8) is 0 Å². The van der Waals surface area contributed by atoms with Crippen LogP contribution in [0.25, 0.3) is 6.08 Å². The molecule has 1 heterocycles. The van der Waals surface area contributed by atoms with E-state index in [1.165, 1.54) is 43.6 Å². The Hall–Kier alpha value is -2.18. The molecule has 1 amide bonds. The number of hydrogen-bond donors (Lipinski definition) is 1. The molecule has 32 heavy (non-hydrogen) atoms. The highest BCUT2D eigenvalue weighted by Gasteiger charge is 2.23. The van der Waals surface area contributed by atoms with Crippen LogP contribution in [0, 0.1) is 0 Å². The van der Waals surface area contributed by atoms with E-state index in [9.17, 15) is 9.59 Å². The molecule has 1 aromatic rings. The van der Waals surface area contributed by atoms with E-state index < -0.39 is 12.3 Å². The molecule has 1 N–H and O–H groups in total. The molecule has 1 fully saturated rings. The second-order valence-corrected chi connectivity index (χ2v) is 8.39. The van der Waals surface area contributed by atoms with Crippen LogP contribution in [0.4, 0.5) is 0 Å². The summed E-state index contributed by atoms with van der Waals surface area (Å²) in [6.07, 6.45) is 15.7. The third-order valence-corrected chi connectivity index (χ3v) is 5.55. The minimum absolute atomic E-state index is 0.0129. The van der Waals surface area contributed by atoms with Crippen molar-refractivity contribution in [1.29, 1.82) is 0 Å². The normalized spacial score (nSPS) is 16.3. The number of carboxylic acids is 1. The van der Waals surface area contributed by atoms with Crippen molar-refractivity contribution < 1.29 is 24.3 Å². The minimum Gasteiger partial charge on any atom is -0.481 e. The zero-order valence-corrected chi connectivity index (χ0v) is 19.5. The standard InChI is InChI=1S/C26H39NO5/c1-2-3-4-5-6-7-8-9-13-22-16-18-23(19-17-22)26(30)27(20-12-14-24(28)29)32-25-15-10-11-21-31-25/h9,13,16-19,25H,2-8,10-12,14-15,20-21H2,1H3,(H,28,29)/b13-9-. The van der Waals surface area contributed by atoms with Gasteiger partial charge in [0.1, 0.15) is 0 Å². The van der Waals surface area contributed by atoms with Gasteiger partial charge in [-0.2, -0.15) is 0 Å². The lowest BCUT2D eigenvalue weighted by Gasteiger charge is -2.29. The van der Waals surface area contributed by atoms with Crippen molar-refractivity contribution in [2.24, 2.45) is 0 Å². The quantitative estimate of drug-likeness (QED) is 0.256. The fourth-order valence-electron chi connectivity index (χ4n) is 3.65. The Balaban J connectivity index is 1.86. The topological polar surface area (TPSA) is 76.1 Å². The van der Waals surface area contributed by atoms with Crippen LogP contribution in [0.2, 0.25) is 0 Å². The van der Waals surface area contributed by atoms with Crippen LogP contribution in [0.3, 0.4) is 0 Å². The zero-order valence-electron chi connectivity index (χ0n) is 19.5. The molecule has 6 heteroatoms. The molecule has 0 aliphatic carbocycles. The molecule has 0 aromatic heterocycles. The Bertz CT molecular complexity index is 695. The SMILES string of the molecule is CCCCCCCC/C=C\c1ccc(C(=O)N(CCCC(=O)O)OC2CCCCO2)cc1. The van der Waals surface area contributed by atoms with Crippen molar-refractivity contribution in [2.45, 2.75) is 90.3 Å². The summed E-state index contributed by atoms with van der Waals surface area (Å²) in [6, 6.07) is 7.44. The number of nitrogens with zero attached hydrogens (tertiary/aromatic N) is 1. The summed E-state index contributed by atoms with van der Waals surface area (Å²) >= 11 is 0. The second kappa shape index (κ2) is 15.6. The number of allylic oxidation sites excluding steroid dienone is 1. The first-order valence-corrected chi connectivity index (χ1v) is 12.2. The Labute approximate surface area is 192 Å². The number of ether oxygens (including phenoxy) is 1. The summed E-state index contributed by atoms with van der Waals surface area (Å²) in [7, 11) is 0. The highest BCUT2D eigenvalue weighted by atomic mass is 16.8. The lowest BCUT2D eigenvalue weighted by molar-refractivity contribution is -0.267. The van der Waals surface area contributed by atoms with Crippen LogP contribution in [0.5, 0.6) is 0 Å². The number of hydrogen-bond acceptors (Lipinski definition) is 4. The maximum absolute atomic E-state index is 13.0. The van der Waals surface area contributed by atoms with Crippen LogP contribution in [-0.4, -0.2) is 41.5 Å². The molecule has 1 aliphatic rings. The summed E-state index contributed by atoms with van der Waals surface area (Å²) in [5.41, 5.74) is 1.57. The van der Waals surface area contributed by atoms with E-state index in [0.29, 0.717) is 18.6 Å². The molecule has 1 aliphatic heterocycles. The molecule has 0 saturated carbocycles. The molecule has 0 bridgehead atoms. The van der Waals surface area contributed by atoms with Gasteiger partial charge in [0.15, 0.2) is 6.29 Å². The van der Waals surface area contributed by atoms with Gasteiger partial charge in [-0.1, -0.05) is 63.3 Å². The maximum atomic E-state index is 13.0. The Morgan fingerprint density at radius 2 is 1.84 bits per heavy atom. The fraction of sp³-hybridized carbons (Fsp3) is 0.615. The third-order valence-electron chi connectivity index (χ3n) is 5.55. The minimum atomic E-state index is -0.886. The van der Waals surface area contributed by atoms with E-state index in [0.717, 1.165) is 31.2 Å². The highest BCUT2D eigenvalue weighted by Crippen LogP contribution is 2.18. The van der Waals surface area contributed by atoms with E-state index in [-0.39, 0.29) is 18.9 Å². The number of benzene rings is 1. The molecular weight excluding hydrogens is 406 g/mol. The van der Waals surface area contributed by atoms with Crippen LogP contribution in [0.1, 0.15) is 99.9 Å². The Morgan fingerprint density at radius 3 is 2.53 bits per heavy atom. The lowest BCUT2D eigenvalue weighted by atomic mass is 10.1. The molecule has 178 valence electrons. The van der Waals surface area contributed by atoms with E-state index in [1.54, 1.807) is 12.1 Å². The van der Waals surface area contributed by atoms with E-state index in [4.69, 9.17) is 14.7 Å². The van der Waals surface area contributed by atoms with E-state index in [1.807, 2.05) is 12.1 Å². The summed E-state index contributed by atoms with van der Waals surface area (Å²) in [5, 5.41) is 10.2. The first-order valence-electron chi connectivity index (χ1n) is 12.2. The van der Waals surface area contributed by atoms with Crippen LogP contribution < -0.4 is 0 Å². The van der Waals surface area contributed by atoms with Crippen molar-refractivity contribution in [3.05, 3.63) is 41.5 Å². The summed E-state index contributed by atoms with van der Waals surface area (Å²) < 4.78 is 5.59. The summed E-state index contributed by atoms with van der Waals surface area (Å²) in [5.74, 6) is -1.16. The molecular formula is C26H39NO5. The largest absolute Gasteiger partial charge is 0.481 e. The average molecular weight is 446 g/mol. The summed E-state index contributed by atoms with van der Waals surface area (Å²) in [4.78, 5) is 29.7. The van der Waals surface area contributed by atoms with Gasteiger partial charge in [0.25, 0.3) is 5.91 Å². The number of hydroxylamine groups is 2. The number of carboxylic acid groups (broad SMARTS) is 1. The van der Waals surface area contributed by atoms with Gasteiger partial charge in [-0.3, -0.25) is 9.59 Å². The van der Waals surface area contributed by atoms with E-state index in [2.05, 4.69) is 19.1 Å². The molecule has 1 unspecified atom stereocenters. The first-order chi connectivity index (χ1) is 15.6. The van der Waals surface area contributed by atoms with Crippen LogP contribution >= 0.6 is 0 Å². The summed E-state index contributed by atoms with van der Waals surface area (Å²) in [6.45, 7) is 3.06. The number of carbonyl (C=O) groups is 2. The van der Waals surface area contributed by atoms with Gasteiger partial charge in [0.2, 0.25) is 0 Å². The smallest absolute Gasteiger partial charge is 0.303 e. The molecule has 6 nitrogen and oxygen atoms in total. The van der Waals surface area contributed by atoms with E-state index >= 15 is 0 Å². The Morgan fingerprint density at radius 1 is 1.09 bits per heavy atom. The van der Waals surface area contributed by atoms with Crippen molar-refractivity contribution in [1.82, 2.24) is 5.06 Å². The number of amides is 1. The number of unbranched alkanes of at least 4 members (excludes halogenated alkanes) is 6. The number of aliphatic carboxylic acids is 1. The lowest BCUT2D eigenvalue weighted by Crippen LogP contribution is -2.38. The molecule has 1 aromatic carbocycles. The molecule has 0 spiro atoms. The van der Waals surface area contributed by atoms with Gasteiger partial charge in [-0.15, -0.1) is 0 Å². The fourth-order valence-corrected chi connectivity index (χ4v) is 3.65. The Kier molecular flexibility index (Phi) is 12.7. The maximum Gasteiger partial charge on any atom is 0.303 e. The monoisotopic (exact) mass is 445 g/mol. The van der Waals surface area contributed by atoms with Gasteiger partial charge in [0.05, 0.1) is 0 Å². The highest BCUT2D eigenvalue weighted by molar-refractivity contribution is 5.93. The molecule has 2 rings (SSSR count). The zero-order chi connectivity index (χ0) is 23.0. The van der Waals surface area contributed by atoms with Gasteiger partial charge < -0.3 is 9.84 Å². The predicted molar refractivity (Wildman–Crippen MR) is 126 cm³/mol. The van der Waals surface area contributed by atoms with Crippen molar-refractivity contribution in [2.75, 3.05) is 13.2 Å². The second-order valence-electron chi connectivity index (χ2n) is 8.39.